The molecule has 1 aromatic heterocycles. The summed E-state index contributed by atoms with van der Waals surface area (Å²) in [5.74, 6) is 0.549. The van der Waals surface area contributed by atoms with Gasteiger partial charge in [-0.15, -0.1) is 5.10 Å². The summed E-state index contributed by atoms with van der Waals surface area (Å²) in [6.07, 6.45) is 0. The lowest BCUT2D eigenvalue weighted by Gasteiger charge is -2.09. The molecule has 0 saturated heterocycles. The Kier molecular flexibility index (Phi) is 4.57. The molecule has 0 bridgehead atoms. The van der Waals surface area contributed by atoms with Crippen molar-refractivity contribution in [3.63, 3.8) is 0 Å². The summed E-state index contributed by atoms with van der Waals surface area (Å²) in [7, 11) is 0. The minimum Gasteiger partial charge on any atom is -0.258 e. The van der Waals surface area contributed by atoms with E-state index in [1.807, 2.05) is 38.1 Å². The lowest BCUT2D eigenvalue weighted by molar-refractivity contribution is -0.384. The Morgan fingerprint density at radius 2 is 2.00 bits per heavy atom. The van der Waals surface area contributed by atoms with Gasteiger partial charge in [0, 0.05) is 17.9 Å². The molecule has 0 fully saturated rings. The number of hydrogen-bond acceptors (Lipinski definition) is 6. The minimum absolute atomic E-state index is 0.0854. The second-order valence-corrected chi connectivity index (χ2v) is 6.25. The zero-order chi connectivity index (χ0) is 17.1. The molecule has 0 atom stereocenters. The summed E-state index contributed by atoms with van der Waals surface area (Å²) in [6.45, 7) is 4.07. The van der Waals surface area contributed by atoms with E-state index >= 15 is 0 Å². The molecule has 0 aliphatic carbocycles. The number of aromatic nitrogens is 4. The second-order valence-electron chi connectivity index (χ2n) is 5.31. The first-order chi connectivity index (χ1) is 11.6. The van der Waals surface area contributed by atoms with E-state index in [4.69, 9.17) is 0 Å². The lowest BCUT2D eigenvalue weighted by Crippen LogP contribution is -2.02. The van der Waals surface area contributed by atoms with Crippen molar-refractivity contribution in [2.45, 2.75) is 24.8 Å². The molecular weight excluding hydrogens is 326 g/mol. The topological polar surface area (TPSA) is 86.7 Å². The average Bonchev–Trinajstić information content (AvgIpc) is 3.04. The van der Waals surface area contributed by atoms with Crippen molar-refractivity contribution < 1.29 is 4.92 Å². The fraction of sp³-hybridized carbons (Fsp3) is 0.188. The van der Waals surface area contributed by atoms with Crippen molar-refractivity contribution in [2.24, 2.45) is 0 Å². The first-order valence-corrected chi connectivity index (χ1v) is 8.26. The molecule has 0 radical (unpaired) electrons. The maximum atomic E-state index is 10.9. The smallest absolute Gasteiger partial charge is 0.258 e. The summed E-state index contributed by atoms with van der Waals surface area (Å²) in [4.78, 5) is 10.5. The quantitative estimate of drug-likeness (QED) is 0.401. The molecule has 3 rings (SSSR count). The van der Waals surface area contributed by atoms with E-state index in [0.717, 1.165) is 22.4 Å². The van der Waals surface area contributed by atoms with Gasteiger partial charge in [-0.05, 0) is 47.0 Å². The molecular formula is C16H15N5O2S. The zero-order valence-electron chi connectivity index (χ0n) is 13.2. The van der Waals surface area contributed by atoms with Crippen LogP contribution < -0.4 is 0 Å². The van der Waals surface area contributed by atoms with Gasteiger partial charge in [-0.3, -0.25) is 10.1 Å². The Morgan fingerprint density at radius 1 is 1.21 bits per heavy atom. The van der Waals surface area contributed by atoms with Crippen LogP contribution in [0.5, 0.6) is 0 Å². The van der Waals surface area contributed by atoms with Crippen LogP contribution in [0.2, 0.25) is 0 Å². The predicted molar refractivity (Wildman–Crippen MR) is 91.3 cm³/mol. The van der Waals surface area contributed by atoms with Crippen molar-refractivity contribution in [3.8, 4) is 5.69 Å². The Bertz CT molecular complexity index is 894. The fourth-order valence-corrected chi connectivity index (χ4v) is 3.12. The van der Waals surface area contributed by atoms with Gasteiger partial charge in [0.15, 0.2) is 0 Å². The molecule has 2 aromatic carbocycles. The maximum absolute atomic E-state index is 10.9. The number of nitro benzene ring substituents is 1. The summed E-state index contributed by atoms with van der Waals surface area (Å²) in [5, 5.41) is 23.4. The molecule has 3 aromatic rings. The normalized spacial score (nSPS) is 10.8. The molecule has 0 unspecified atom stereocenters. The number of nitrogens with zero attached hydrogens (tertiary/aromatic N) is 5. The van der Waals surface area contributed by atoms with Crippen LogP contribution in [0.3, 0.4) is 0 Å². The molecule has 0 N–H and O–H groups in total. The summed E-state index contributed by atoms with van der Waals surface area (Å²) in [6, 6.07) is 12.6. The van der Waals surface area contributed by atoms with Gasteiger partial charge in [-0.1, -0.05) is 36.0 Å². The van der Waals surface area contributed by atoms with Gasteiger partial charge in [0.05, 0.1) is 10.6 Å². The Morgan fingerprint density at radius 3 is 2.79 bits per heavy atom. The Balaban J connectivity index is 1.83. The highest BCUT2D eigenvalue weighted by Gasteiger charge is 2.13. The summed E-state index contributed by atoms with van der Waals surface area (Å²) < 4.78 is 1.70. The van der Waals surface area contributed by atoms with E-state index in [1.54, 1.807) is 16.8 Å². The van der Waals surface area contributed by atoms with Crippen LogP contribution in [0.15, 0.2) is 47.6 Å². The van der Waals surface area contributed by atoms with Gasteiger partial charge >= 0.3 is 0 Å². The number of thioether (sulfide) groups is 1. The molecule has 0 aliphatic rings. The highest BCUT2D eigenvalue weighted by atomic mass is 32.2. The van der Waals surface area contributed by atoms with Crippen LogP contribution in [-0.4, -0.2) is 25.1 Å². The number of benzene rings is 2. The van der Waals surface area contributed by atoms with Crippen LogP contribution >= 0.6 is 11.8 Å². The Hall–Kier alpha value is -2.74. The molecule has 8 heteroatoms. The monoisotopic (exact) mass is 341 g/mol. The number of rotatable bonds is 5. The van der Waals surface area contributed by atoms with Crippen LogP contribution in [0.25, 0.3) is 5.69 Å². The van der Waals surface area contributed by atoms with Crippen molar-refractivity contribution in [1.82, 2.24) is 20.2 Å². The molecule has 0 saturated carbocycles. The van der Waals surface area contributed by atoms with E-state index in [-0.39, 0.29) is 5.69 Å². The van der Waals surface area contributed by atoms with Gasteiger partial charge in [-0.2, -0.15) is 4.68 Å². The molecule has 1 heterocycles. The van der Waals surface area contributed by atoms with E-state index in [1.165, 1.54) is 17.8 Å². The third kappa shape index (κ3) is 3.28. The van der Waals surface area contributed by atoms with Crippen molar-refractivity contribution >= 4 is 17.4 Å². The second kappa shape index (κ2) is 6.79. The molecule has 24 heavy (non-hydrogen) atoms. The van der Waals surface area contributed by atoms with Crippen molar-refractivity contribution in [1.29, 1.82) is 0 Å². The molecule has 7 nitrogen and oxygen atoms in total. The minimum atomic E-state index is -0.395. The number of aryl methyl sites for hydroxylation is 1. The van der Waals surface area contributed by atoms with E-state index in [9.17, 15) is 10.1 Å². The highest BCUT2D eigenvalue weighted by molar-refractivity contribution is 7.98. The van der Waals surface area contributed by atoms with Gasteiger partial charge in [0.1, 0.15) is 0 Å². The summed E-state index contributed by atoms with van der Waals surface area (Å²) >= 11 is 1.44. The van der Waals surface area contributed by atoms with Crippen LogP contribution in [-0.2, 0) is 5.75 Å². The van der Waals surface area contributed by atoms with Crippen LogP contribution in [0.4, 0.5) is 5.69 Å². The fourth-order valence-electron chi connectivity index (χ4n) is 2.29. The number of non-ortho nitro benzene ring substituents is 1. The van der Waals surface area contributed by atoms with E-state index in [2.05, 4.69) is 15.5 Å². The molecule has 0 amide bonds. The summed E-state index contributed by atoms with van der Waals surface area (Å²) in [5.41, 5.74) is 4.15. The third-order valence-electron chi connectivity index (χ3n) is 3.73. The standard InChI is InChI=1S/C16H15N5O2S/c1-11-5-3-8-15(12(11)2)20-16(17-18-19-20)24-10-13-6-4-7-14(9-13)21(22)23/h3-9H,10H2,1-2H3. The largest absolute Gasteiger partial charge is 0.269 e. The molecule has 122 valence electrons. The first kappa shape index (κ1) is 16.1. The number of hydrogen-bond donors (Lipinski definition) is 0. The number of tetrazole rings is 1. The van der Waals surface area contributed by atoms with Gasteiger partial charge in [0.25, 0.3) is 5.69 Å². The van der Waals surface area contributed by atoms with Crippen LogP contribution in [0, 0.1) is 24.0 Å². The SMILES string of the molecule is Cc1cccc(-n2nnnc2SCc2cccc([N+](=O)[O-])c2)c1C. The van der Waals surface area contributed by atoms with Crippen LogP contribution in [0.1, 0.15) is 16.7 Å². The maximum Gasteiger partial charge on any atom is 0.269 e. The van der Waals surface area contributed by atoms with Gasteiger partial charge < -0.3 is 0 Å². The highest BCUT2D eigenvalue weighted by Crippen LogP contribution is 2.26. The first-order valence-electron chi connectivity index (χ1n) is 7.27. The zero-order valence-corrected chi connectivity index (χ0v) is 14.0. The lowest BCUT2D eigenvalue weighted by atomic mass is 10.1. The average molecular weight is 341 g/mol. The molecule has 0 aliphatic heterocycles. The number of nitro groups is 1. The van der Waals surface area contributed by atoms with Gasteiger partial charge in [-0.25, -0.2) is 0 Å². The predicted octanol–water partition coefficient (Wildman–Crippen LogP) is 3.48. The Labute approximate surface area is 142 Å². The van der Waals surface area contributed by atoms with Crippen molar-refractivity contribution in [2.75, 3.05) is 0 Å². The van der Waals surface area contributed by atoms with Crippen molar-refractivity contribution in [3.05, 3.63) is 69.3 Å². The van der Waals surface area contributed by atoms with E-state index < -0.39 is 4.92 Å². The van der Waals surface area contributed by atoms with E-state index in [0.29, 0.717) is 10.9 Å². The molecule has 0 spiro atoms. The third-order valence-corrected chi connectivity index (χ3v) is 4.72. The van der Waals surface area contributed by atoms with Gasteiger partial charge in [0.2, 0.25) is 5.16 Å².